The monoisotopic (exact) mass is 293 g/mol. The number of nitrogens with zero attached hydrogens (tertiary/aromatic N) is 1. The van der Waals surface area contributed by atoms with Crippen molar-refractivity contribution in [3.63, 3.8) is 0 Å². The molecule has 3 heteroatoms. The summed E-state index contributed by atoms with van der Waals surface area (Å²) < 4.78 is 6.46. The van der Waals surface area contributed by atoms with Crippen molar-refractivity contribution in [2.45, 2.75) is 26.2 Å². The smallest absolute Gasteiger partial charge is 0.0695 e. The van der Waals surface area contributed by atoms with Gasteiger partial charge in [0.05, 0.1) is 30.1 Å². The van der Waals surface area contributed by atoms with Gasteiger partial charge >= 0.3 is 0 Å². The number of halogens is 1. The molecule has 1 heterocycles. The van der Waals surface area contributed by atoms with Gasteiger partial charge in [-0.2, -0.15) is 5.26 Å². The van der Waals surface area contributed by atoms with Gasteiger partial charge in [-0.15, -0.1) is 0 Å². The van der Waals surface area contributed by atoms with Gasteiger partial charge in [0.25, 0.3) is 0 Å². The molecule has 1 aromatic rings. The number of nitriles is 1. The first kappa shape index (κ1) is 12.6. The molecule has 0 amide bonds. The number of ether oxygens (including phenoxy) is 1. The highest BCUT2D eigenvalue weighted by atomic mass is 79.9. The van der Waals surface area contributed by atoms with Gasteiger partial charge in [0.2, 0.25) is 0 Å². The summed E-state index contributed by atoms with van der Waals surface area (Å²) in [6.45, 7) is 7.34. The van der Waals surface area contributed by atoms with Crippen LogP contribution >= 0.6 is 15.9 Å². The Morgan fingerprint density at radius 1 is 1.41 bits per heavy atom. The summed E-state index contributed by atoms with van der Waals surface area (Å²) in [5.74, 6) is 0. The van der Waals surface area contributed by atoms with Crippen LogP contribution in [0.3, 0.4) is 0 Å². The summed E-state index contributed by atoms with van der Waals surface area (Å²) >= 11 is 3.51. The van der Waals surface area contributed by atoms with Gasteiger partial charge in [0.1, 0.15) is 0 Å². The predicted octanol–water partition coefficient (Wildman–Crippen LogP) is 3.58. The largest absolute Gasteiger partial charge is 0.379 e. The zero-order valence-electron chi connectivity index (χ0n) is 10.4. The van der Waals surface area contributed by atoms with Gasteiger partial charge in [0.15, 0.2) is 0 Å². The molecule has 0 spiro atoms. The van der Waals surface area contributed by atoms with Crippen molar-refractivity contribution in [1.29, 1.82) is 5.26 Å². The topological polar surface area (TPSA) is 33.0 Å². The zero-order valence-corrected chi connectivity index (χ0v) is 12.0. The van der Waals surface area contributed by atoms with Gasteiger partial charge < -0.3 is 4.74 Å². The second kappa shape index (κ2) is 4.12. The lowest BCUT2D eigenvalue weighted by Gasteiger charge is -2.50. The van der Waals surface area contributed by atoms with E-state index in [2.05, 4.69) is 41.1 Å². The molecule has 0 saturated carbocycles. The van der Waals surface area contributed by atoms with E-state index >= 15 is 0 Å². The lowest BCUT2D eigenvalue weighted by Crippen LogP contribution is -2.56. The molecule has 2 nitrogen and oxygen atoms in total. The molecular weight excluding hydrogens is 278 g/mol. The van der Waals surface area contributed by atoms with E-state index in [4.69, 9.17) is 4.74 Å². The van der Waals surface area contributed by atoms with Crippen molar-refractivity contribution in [2.75, 3.05) is 13.2 Å². The quantitative estimate of drug-likeness (QED) is 0.835. The summed E-state index contributed by atoms with van der Waals surface area (Å²) in [7, 11) is 0. The fourth-order valence-corrected chi connectivity index (χ4v) is 2.74. The van der Waals surface area contributed by atoms with Crippen LogP contribution in [0, 0.1) is 23.7 Å². The van der Waals surface area contributed by atoms with Crippen molar-refractivity contribution < 1.29 is 4.74 Å². The first-order valence-electron chi connectivity index (χ1n) is 5.69. The molecule has 1 aromatic carbocycles. The first-order valence-corrected chi connectivity index (χ1v) is 6.48. The maximum absolute atomic E-state index is 9.40. The highest BCUT2D eigenvalue weighted by Crippen LogP contribution is 2.48. The number of rotatable bonds is 2. The highest BCUT2D eigenvalue weighted by molar-refractivity contribution is 9.10. The van der Waals surface area contributed by atoms with Crippen LogP contribution in [-0.2, 0) is 10.2 Å². The number of benzene rings is 1. The minimum atomic E-state index is -0.420. The normalized spacial score (nSPS) is 18.3. The van der Waals surface area contributed by atoms with Crippen molar-refractivity contribution in [1.82, 2.24) is 0 Å². The lowest BCUT2D eigenvalue weighted by atomic mass is 9.60. The Bertz CT molecular complexity index is 483. The van der Waals surface area contributed by atoms with E-state index in [9.17, 15) is 5.26 Å². The van der Waals surface area contributed by atoms with Gasteiger partial charge in [-0.05, 0) is 44.0 Å². The fourth-order valence-electron chi connectivity index (χ4n) is 2.38. The van der Waals surface area contributed by atoms with E-state index < -0.39 is 5.41 Å². The Hall–Kier alpha value is -0.850. The van der Waals surface area contributed by atoms with E-state index in [1.807, 2.05) is 19.9 Å². The first-order chi connectivity index (χ1) is 7.93. The molecule has 1 fully saturated rings. The van der Waals surface area contributed by atoms with E-state index in [0.29, 0.717) is 13.2 Å². The average molecular weight is 294 g/mol. The fraction of sp³-hybridized carbons (Fsp3) is 0.500. The van der Waals surface area contributed by atoms with Crippen LogP contribution in [0.2, 0.25) is 0 Å². The SMILES string of the molecule is Cc1ccc(Br)cc1C1(C(C)(C)C#N)COC1. The predicted molar refractivity (Wildman–Crippen MR) is 70.8 cm³/mol. The second-order valence-corrected chi connectivity index (χ2v) is 6.19. The molecule has 0 unspecified atom stereocenters. The van der Waals surface area contributed by atoms with E-state index in [-0.39, 0.29) is 5.41 Å². The highest BCUT2D eigenvalue weighted by Gasteiger charge is 2.53. The zero-order chi connectivity index (χ0) is 12.7. The van der Waals surface area contributed by atoms with Crippen molar-refractivity contribution in [3.8, 4) is 6.07 Å². The van der Waals surface area contributed by atoms with Crippen LogP contribution in [0.4, 0.5) is 0 Å². The third kappa shape index (κ3) is 1.80. The molecule has 1 saturated heterocycles. The van der Waals surface area contributed by atoms with Gasteiger partial charge in [0, 0.05) is 4.47 Å². The van der Waals surface area contributed by atoms with E-state index in [1.54, 1.807) is 0 Å². The summed E-state index contributed by atoms with van der Waals surface area (Å²) in [4.78, 5) is 0. The maximum Gasteiger partial charge on any atom is 0.0695 e. The summed E-state index contributed by atoms with van der Waals surface area (Å²) in [6, 6.07) is 8.68. The number of aryl methyl sites for hydroxylation is 1. The Kier molecular flexibility index (Phi) is 3.05. The standard InChI is InChI=1S/C14H16BrNO/c1-10-4-5-11(15)6-12(10)14(8-17-9-14)13(2,3)7-16/h4-6H,8-9H2,1-3H3. The molecule has 90 valence electrons. The summed E-state index contributed by atoms with van der Waals surface area (Å²) in [5, 5.41) is 9.40. The van der Waals surface area contributed by atoms with Crippen molar-refractivity contribution >= 4 is 15.9 Å². The van der Waals surface area contributed by atoms with Gasteiger partial charge in [-0.1, -0.05) is 22.0 Å². The van der Waals surface area contributed by atoms with Gasteiger partial charge in [-0.25, -0.2) is 0 Å². The minimum absolute atomic E-state index is 0.171. The van der Waals surface area contributed by atoms with Crippen LogP contribution in [0.15, 0.2) is 22.7 Å². The number of hydrogen-bond acceptors (Lipinski definition) is 2. The lowest BCUT2D eigenvalue weighted by molar-refractivity contribution is -0.103. The Balaban J connectivity index is 2.57. The molecule has 0 aromatic heterocycles. The molecule has 0 radical (unpaired) electrons. The van der Waals surface area contributed by atoms with Crippen LogP contribution in [0.25, 0.3) is 0 Å². The molecular formula is C14H16BrNO. The minimum Gasteiger partial charge on any atom is -0.379 e. The third-order valence-electron chi connectivity index (χ3n) is 3.89. The molecule has 0 atom stereocenters. The third-order valence-corrected chi connectivity index (χ3v) is 4.38. The van der Waals surface area contributed by atoms with Gasteiger partial charge in [-0.3, -0.25) is 0 Å². The molecule has 2 rings (SSSR count). The van der Waals surface area contributed by atoms with Crippen LogP contribution in [-0.4, -0.2) is 13.2 Å². The van der Waals surface area contributed by atoms with E-state index in [1.165, 1.54) is 11.1 Å². The maximum atomic E-state index is 9.40. The van der Waals surface area contributed by atoms with E-state index in [0.717, 1.165) is 4.47 Å². The summed E-state index contributed by atoms with van der Waals surface area (Å²) in [6.07, 6.45) is 0. The van der Waals surface area contributed by atoms with Crippen molar-refractivity contribution in [3.05, 3.63) is 33.8 Å². The number of hydrogen-bond donors (Lipinski definition) is 0. The van der Waals surface area contributed by atoms with Crippen molar-refractivity contribution in [2.24, 2.45) is 5.41 Å². The second-order valence-electron chi connectivity index (χ2n) is 5.27. The Labute approximate surface area is 111 Å². The molecule has 0 bridgehead atoms. The summed E-state index contributed by atoms with van der Waals surface area (Å²) in [5.41, 5.74) is 1.86. The molecule has 17 heavy (non-hydrogen) atoms. The average Bonchev–Trinajstić information content (AvgIpc) is 2.21. The van der Waals surface area contributed by atoms with Crippen LogP contribution < -0.4 is 0 Å². The molecule has 0 aliphatic carbocycles. The molecule has 1 aliphatic rings. The molecule has 0 N–H and O–H groups in total. The van der Waals surface area contributed by atoms with Crippen LogP contribution in [0.1, 0.15) is 25.0 Å². The Morgan fingerprint density at radius 2 is 2.06 bits per heavy atom. The molecule has 1 aliphatic heterocycles. The van der Waals surface area contributed by atoms with Crippen LogP contribution in [0.5, 0.6) is 0 Å². The Morgan fingerprint density at radius 3 is 2.53 bits per heavy atom.